The molecule has 0 saturated carbocycles. The van der Waals surface area contributed by atoms with Crippen molar-refractivity contribution in [3.8, 4) is 0 Å². The Labute approximate surface area is 80.8 Å². The summed E-state index contributed by atoms with van der Waals surface area (Å²) < 4.78 is 5.92. The van der Waals surface area contributed by atoms with E-state index in [1.807, 2.05) is 0 Å². The number of nitrogens with one attached hydrogen (secondary N) is 1. The molecule has 1 unspecified atom stereocenters. The predicted octanol–water partition coefficient (Wildman–Crippen LogP) is 2.55. The monoisotopic (exact) mass is 451 g/mol. The van der Waals surface area contributed by atoms with E-state index in [2.05, 4.69) is 45.0 Å². The topological polar surface area (TPSA) is 12.0 Å². The van der Waals surface area contributed by atoms with Crippen LogP contribution in [0.1, 0.15) is 6.42 Å². The molecule has 1 aliphatic rings. The molecule has 1 fully saturated rings. The molecular weight excluding hydrogens is 443 g/mol. The van der Waals surface area contributed by atoms with Gasteiger partial charge in [-0.25, -0.2) is 0 Å². The van der Waals surface area contributed by atoms with Crippen molar-refractivity contribution in [1.29, 1.82) is 0 Å². The molecule has 0 bridgehead atoms. The van der Waals surface area contributed by atoms with E-state index in [4.69, 9.17) is 0 Å². The number of hydrogen-bond donors (Lipinski definition) is 1. The van der Waals surface area contributed by atoms with Crippen LogP contribution >= 0.6 is 57.3 Å². The van der Waals surface area contributed by atoms with Crippen LogP contribution in [0, 0.1) is 0 Å². The van der Waals surface area contributed by atoms with Crippen molar-refractivity contribution >= 4 is 57.3 Å². The standard InChI is InChI=1S/C4H8I3N/c5-7-2-1-4(7)3-8-6/h4,8H,1-3H2. The number of halogens is 3. The van der Waals surface area contributed by atoms with Crippen LogP contribution in [0.4, 0.5) is 0 Å². The van der Waals surface area contributed by atoms with Crippen LogP contribution < -0.4 is 3.53 Å². The van der Waals surface area contributed by atoms with E-state index < -0.39 is 0 Å². The van der Waals surface area contributed by atoms with E-state index in [0.29, 0.717) is 0 Å². The van der Waals surface area contributed by atoms with Gasteiger partial charge in [0.25, 0.3) is 0 Å². The van der Waals surface area contributed by atoms with Crippen LogP contribution in [-0.2, 0) is 0 Å². The predicted molar refractivity (Wildman–Crippen MR) is 63.3 cm³/mol. The number of alkyl halides is 2. The Kier molecular flexibility index (Phi) is 4.24. The zero-order chi connectivity index (χ0) is 5.98. The zero-order valence-corrected chi connectivity index (χ0v) is 10.8. The summed E-state index contributed by atoms with van der Waals surface area (Å²) in [6, 6.07) is 0. The van der Waals surface area contributed by atoms with Crippen LogP contribution in [-0.4, -0.2) is 14.9 Å². The molecule has 0 radical (unpaired) electrons. The first kappa shape index (κ1) is 8.25. The maximum absolute atomic E-state index is 3.20. The summed E-state index contributed by atoms with van der Waals surface area (Å²) in [6.45, 7) is 1.27. The fourth-order valence-electron chi connectivity index (χ4n) is 0.615. The molecule has 1 nitrogen and oxygen atoms in total. The Morgan fingerprint density at radius 3 is 2.62 bits per heavy atom. The second-order valence-electron chi connectivity index (χ2n) is 1.75. The summed E-state index contributed by atoms with van der Waals surface area (Å²) in [6.07, 6.45) is 1.50. The summed E-state index contributed by atoms with van der Waals surface area (Å²) in [5.74, 6) is 0. The van der Waals surface area contributed by atoms with Gasteiger partial charge in [0.1, 0.15) is 0 Å². The van der Waals surface area contributed by atoms with Gasteiger partial charge in [-0.1, -0.05) is 0 Å². The molecule has 0 aromatic carbocycles. The summed E-state index contributed by atoms with van der Waals surface area (Å²) in [7, 11) is 0. The molecule has 0 amide bonds. The summed E-state index contributed by atoms with van der Waals surface area (Å²) >= 11 is 4.59. The van der Waals surface area contributed by atoms with Crippen molar-refractivity contribution in [2.75, 3.05) is 11.0 Å². The Hall–Kier alpha value is 2.15. The molecule has 1 heterocycles. The van der Waals surface area contributed by atoms with Crippen molar-refractivity contribution in [2.24, 2.45) is 0 Å². The number of rotatable bonds is 2. The second kappa shape index (κ2) is 4.12. The fraction of sp³-hybridized carbons (Fsp3) is 1.00. The van der Waals surface area contributed by atoms with E-state index in [1.54, 1.807) is 4.43 Å². The Bertz CT molecular complexity index is 77.7. The molecule has 1 aliphatic heterocycles. The van der Waals surface area contributed by atoms with Gasteiger partial charge in [-0.05, 0) is 0 Å². The first-order valence-electron chi connectivity index (χ1n) is 2.49. The molecule has 0 aromatic rings. The molecule has 1 saturated heterocycles. The van der Waals surface area contributed by atoms with E-state index in [9.17, 15) is 0 Å². The number of hydrogen-bond acceptors (Lipinski definition) is 1. The third-order valence-corrected chi connectivity index (χ3v) is 13.5. The van der Waals surface area contributed by atoms with Crippen LogP contribution in [0.25, 0.3) is 0 Å². The van der Waals surface area contributed by atoms with Gasteiger partial charge >= 0.3 is 82.2 Å². The molecule has 50 valence electrons. The van der Waals surface area contributed by atoms with Crippen LogP contribution in [0.3, 0.4) is 0 Å². The molecule has 0 spiro atoms. The summed E-state index contributed by atoms with van der Waals surface area (Å²) in [5.41, 5.74) is 0. The SMILES string of the molecule is INCC1CCI1I. The second-order valence-corrected chi connectivity index (χ2v) is 14.3. The van der Waals surface area contributed by atoms with E-state index in [0.717, 1.165) is 3.92 Å². The quantitative estimate of drug-likeness (QED) is 0.387. The normalized spacial score (nSPS) is 32.2. The van der Waals surface area contributed by atoms with Gasteiger partial charge in [0.05, 0.1) is 0 Å². The van der Waals surface area contributed by atoms with Crippen molar-refractivity contribution < 1.29 is 0 Å². The Balaban J connectivity index is 2.08. The maximum atomic E-state index is 3.20. The third kappa shape index (κ3) is 2.08. The van der Waals surface area contributed by atoms with Gasteiger partial charge in [-0.2, -0.15) is 0 Å². The minimum atomic E-state index is -0.347. The Morgan fingerprint density at radius 1 is 1.75 bits per heavy atom. The van der Waals surface area contributed by atoms with Crippen molar-refractivity contribution in [2.45, 2.75) is 10.3 Å². The van der Waals surface area contributed by atoms with E-state index in [1.165, 1.54) is 13.0 Å². The van der Waals surface area contributed by atoms with Crippen molar-refractivity contribution in [1.82, 2.24) is 3.53 Å². The van der Waals surface area contributed by atoms with Crippen molar-refractivity contribution in [3.05, 3.63) is 0 Å². The van der Waals surface area contributed by atoms with Gasteiger partial charge in [0.15, 0.2) is 0 Å². The average molecular weight is 451 g/mol. The summed E-state index contributed by atoms with van der Waals surface area (Å²) in [5, 5.41) is 0. The van der Waals surface area contributed by atoms with Crippen LogP contribution in [0.5, 0.6) is 0 Å². The molecule has 0 aliphatic carbocycles. The molecule has 8 heavy (non-hydrogen) atoms. The fourth-order valence-corrected chi connectivity index (χ4v) is 8.94. The minimum absolute atomic E-state index is 0.347. The van der Waals surface area contributed by atoms with Gasteiger partial charge in [0.2, 0.25) is 0 Å². The third-order valence-electron chi connectivity index (χ3n) is 1.24. The van der Waals surface area contributed by atoms with Gasteiger partial charge in [-0.3, -0.25) is 0 Å². The molecular formula is C4H8I3N. The van der Waals surface area contributed by atoms with Crippen molar-refractivity contribution in [3.63, 3.8) is 0 Å². The van der Waals surface area contributed by atoms with Crippen LogP contribution in [0.2, 0.25) is 0 Å². The van der Waals surface area contributed by atoms with Gasteiger partial charge < -0.3 is 0 Å². The molecule has 0 aromatic heterocycles. The Morgan fingerprint density at radius 2 is 2.50 bits per heavy atom. The van der Waals surface area contributed by atoms with E-state index in [-0.39, 0.29) is 15.8 Å². The first-order valence-corrected chi connectivity index (χ1v) is 12.6. The molecule has 1 rings (SSSR count). The molecule has 1 atom stereocenters. The van der Waals surface area contributed by atoms with Crippen LogP contribution in [0.15, 0.2) is 0 Å². The average Bonchev–Trinajstić information content (AvgIpc) is 1.79. The first-order chi connectivity index (χ1) is 3.84. The van der Waals surface area contributed by atoms with E-state index >= 15 is 0 Å². The molecule has 1 N–H and O–H groups in total. The zero-order valence-electron chi connectivity index (χ0n) is 4.33. The van der Waals surface area contributed by atoms with Gasteiger partial charge in [0, 0.05) is 0 Å². The van der Waals surface area contributed by atoms with Gasteiger partial charge in [-0.15, -0.1) is 0 Å². The molecule has 4 heteroatoms. The summed E-state index contributed by atoms with van der Waals surface area (Å²) in [4.78, 5) is 0.